The molecule has 0 saturated carbocycles. The second kappa shape index (κ2) is 5.05. The largest absolute Gasteiger partial charge is 0.345 e. The molecule has 0 aliphatic carbocycles. The number of thiazole rings is 1. The summed E-state index contributed by atoms with van der Waals surface area (Å²) in [6.45, 7) is 2.30. The van der Waals surface area contributed by atoms with Crippen molar-refractivity contribution in [1.82, 2.24) is 15.7 Å². The third kappa shape index (κ3) is 3.10. The number of hydrogen-bond donors (Lipinski definition) is 2. The number of aromatic nitrogens is 1. The second-order valence-corrected chi connectivity index (χ2v) is 4.70. The quantitative estimate of drug-likeness (QED) is 0.813. The van der Waals surface area contributed by atoms with Gasteiger partial charge in [0.1, 0.15) is 5.71 Å². The Hall–Kier alpha value is -1.76. The van der Waals surface area contributed by atoms with E-state index in [1.165, 1.54) is 0 Å². The average molecular weight is 252 g/mol. The predicted octanol–water partition coefficient (Wildman–Crippen LogP) is 0.334. The van der Waals surface area contributed by atoms with E-state index in [0.717, 1.165) is 10.7 Å². The molecule has 6 nitrogen and oxygen atoms in total. The van der Waals surface area contributed by atoms with Crippen LogP contribution in [-0.4, -0.2) is 22.5 Å². The Morgan fingerprint density at radius 1 is 1.59 bits per heavy atom. The molecule has 1 aromatic heterocycles. The number of hydrogen-bond acceptors (Lipinski definition) is 5. The highest BCUT2D eigenvalue weighted by Crippen LogP contribution is 2.07. The van der Waals surface area contributed by atoms with Crippen LogP contribution in [0.5, 0.6) is 0 Å². The molecule has 1 aliphatic rings. The highest BCUT2D eigenvalue weighted by Gasteiger charge is 2.17. The molecule has 0 radical (unpaired) electrons. The second-order valence-electron chi connectivity index (χ2n) is 3.63. The fourth-order valence-electron chi connectivity index (χ4n) is 1.40. The topological polar surface area (TPSA) is 83.4 Å². The van der Waals surface area contributed by atoms with E-state index in [9.17, 15) is 9.59 Å². The molecule has 2 N–H and O–H groups in total. The van der Waals surface area contributed by atoms with Gasteiger partial charge in [-0.1, -0.05) is 0 Å². The summed E-state index contributed by atoms with van der Waals surface area (Å²) in [6.07, 6.45) is 0.690. The summed E-state index contributed by atoms with van der Waals surface area (Å²) in [5, 5.41) is 9.31. The van der Waals surface area contributed by atoms with Crippen molar-refractivity contribution in [2.24, 2.45) is 5.10 Å². The van der Waals surface area contributed by atoms with Gasteiger partial charge in [-0.05, 0) is 6.92 Å². The molecule has 0 bridgehead atoms. The number of nitrogens with zero attached hydrogens (tertiary/aromatic N) is 2. The van der Waals surface area contributed by atoms with Crippen LogP contribution in [0.15, 0.2) is 10.5 Å². The lowest BCUT2D eigenvalue weighted by Crippen LogP contribution is -2.36. The van der Waals surface area contributed by atoms with E-state index in [2.05, 4.69) is 20.8 Å². The normalized spacial score (nSPS) is 15.1. The zero-order valence-electron chi connectivity index (χ0n) is 9.32. The number of hydrazone groups is 1. The highest BCUT2D eigenvalue weighted by atomic mass is 32.1. The third-order valence-corrected chi connectivity index (χ3v) is 3.09. The smallest absolute Gasteiger partial charge is 0.267 e. The first-order chi connectivity index (χ1) is 8.15. The van der Waals surface area contributed by atoms with Gasteiger partial charge in [0.15, 0.2) is 0 Å². The maximum atomic E-state index is 11.7. The molecule has 17 heavy (non-hydrogen) atoms. The van der Waals surface area contributed by atoms with Gasteiger partial charge in [0.2, 0.25) is 5.91 Å². The molecule has 2 rings (SSSR count). The first-order valence-electron chi connectivity index (χ1n) is 5.20. The summed E-state index contributed by atoms with van der Waals surface area (Å²) in [6, 6.07) is 0. The van der Waals surface area contributed by atoms with Crippen molar-refractivity contribution >= 4 is 28.9 Å². The minimum Gasteiger partial charge on any atom is -0.345 e. The van der Waals surface area contributed by atoms with Gasteiger partial charge in [0.25, 0.3) is 5.91 Å². The summed E-state index contributed by atoms with van der Waals surface area (Å²) in [5.74, 6) is -0.410. The Balaban J connectivity index is 1.87. The van der Waals surface area contributed by atoms with Crippen molar-refractivity contribution in [2.45, 2.75) is 26.3 Å². The lowest BCUT2D eigenvalue weighted by molar-refractivity contribution is -0.121. The van der Waals surface area contributed by atoms with Gasteiger partial charge in [-0.25, -0.2) is 10.4 Å². The highest BCUT2D eigenvalue weighted by molar-refractivity contribution is 7.09. The maximum Gasteiger partial charge on any atom is 0.267 e. The number of carbonyl (C=O) groups excluding carboxylic acids is 2. The molecule has 1 aliphatic heterocycles. The van der Waals surface area contributed by atoms with E-state index in [0.29, 0.717) is 25.1 Å². The van der Waals surface area contributed by atoms with Crippen LogP contribution in [0, 0.1) is 6.92 Å². The maximum absolute atomic E-state index is 11.7. The number of rotatable bonds is 3. The standard InChI is InChI=1S/C10H12N4O2S/c1-6-12-7(5-17-6)4-11-10(16)8-2-3-9(15)14-13-8/h5H,2-4H2,1H3,(H,11,16)(H,14,15). The van der Waals surface area contributed by atoms with Crippen LogP contribution < -0.4 is 10.7 Å². The van der Waals surface area contributed by atoms with Crippen LogP contribution in [-0.2, 0) is 16.1 Å². The first kappa shape index (κ1) is 11.7. The fourth-order valence-corrected chi connectivity index (χ4v) is 2.01. The van der Waals surface area contributed by atoms with Crippen LogP contribution >= 0.6 is 11.3 Å². The van der Waals surface area contributed by atoms with Gasteiger partial charge in [-0.3, -0.25) is 9.59 Å². The summed E-state index contributed by atoms with van der Waals surface area (Å²) in [7, 11) is 0. The van der Waals surface area contributed by atoms with Gasteiger partial charge < -0.3 is 5.32 Å². The fraction of sp³-hybridized carbons (Fsp3) is 0.400. The molecule has 0 unspecified atom stereocenters. The average Bonchev–Trinajstić information content (AvgIpc) is 2.73. The molecule has 90 valence electrons. The van der Waals surface area contributed by atoms with Crippen molar-refractivity contribution < 1.29 is 9.59 Å². The first-order valence-corrected chi connectivity index (χ1v) is 6.08. The molecule has 0 saturated heterocycles. The van der Waals surface area contributed by atoms with Crippen molar-refractivity contribution in [3.05, 3.63) is 16.1 Å². The van der Waals surface area contributed by atoms with E-state index in [1.807, 2.05) is 12.3 Å². The van der Waals surface area contributed by atoms with Crippen LogP contribution in [0.25, 0.3) is 0 Å². The molecule has 0 atom stereocenters. The Morgan fingerprint density at radius 2 is 2.41 bits per heavy atom. The molecule has 0 fully saturated rings. The molecule has 2 heterocycles. The third-order valence-electron chi connectivity index (χ3n) is 2.26. The van der Waals surface area contributed by atoms with Gasteiger partial charge >= 0.3 is 0 Å². The number of aryl methyl sites for hydroxylation is 1. The summed E-state index contributed by atoms with van der Waals surface area (Å²) in [4.78, 5) is 26.8. The van der Waals surface area contributed by atoms with Gasteiger partial charge in [0.05, 0.1) is 17.2 Å². The molecular formula is C10H12N4O2S. The molecule has 7 heteroatoms. The van der Waals surface area contributed by atoms with Crippen LogP contribution in [0.3, 0.4) is 0 Å². The van der Waals surface area contributed by atoms with Crippen molar-refractivity contribution in [3.8, 4) is 0 Å². The van der Waals surface area contributed by atoms with Crippen LogP contribution in [0.2, 0.25) is 0 Å². The zero-order chi connectivity index (χ0) is 12.3. The van der Waals surface area contributed by atoms with Gasteiger partial charge in [-0.2, -0.15) is 5.10 Å². The molecule has 0 spiro atoms. The van der Waals surface area contributed by atoms with E-state index >= 15 is 0 Å². The number of nitrogens with one attached hydrogen (secondary N) is 2. The predicted molar refractivity (Wildman–Crippen MR) is 63.5 cm³/mol. The van der Waals surface area contributed by atoms with Crippen molar-refractivity contribution in [3.63, 3.8) is 0 Å². The number of amides is 2. The minimum atomic E-state index is -0.254. The molecular weight excluding hydrogens is 240 g/mol. The Labute approximate surface area is 102 Å². The molecule has 0 aromatic carbocycles. The van der Waals surface area contributed by atoms with Gasteiger partial charge in [-0.15, -0.1) is 11.3 Å². The minimum absolute atomic E-state index is 0.156. The Bertz CT molecular complexity index is 480. The van der Waals surface area contributed by atoms with E-state index in [4.69, 9.17) is 0 Å². The lowest BCUT2D eigenvalue weighted by atomic mass is 10.1. The summed E-state index contributed by atoms with van der Waals surface area (Å²) < 4.78 is 0. The van der Waals surface area contributed by atoms with E-state index in [-0.39, 0.29) is 11.8 Å². The monoisotopic (exact) mass is 252 g/mol. The zero-order valence-corrected chi connectivity index (χ0v) is 10.1. The van der Waals surface area contributed by atoms with Crippen molar-refractivity contribution in [2.75, 3.05) is 0 Å². The van der Waals surface area contributed by atoms with Crippen LogP contribution in [0.1, 0.15) is 23.5 Å². The number of carbonyl (C=O) groups is 2. The lowest BCUT2D eigenvalue weighted by Gasteiger charge is -2.11. The molecule has 2 amide bonds. The van der Waals surface area contributed by atoms with Crippen LogP contribution in [0.4, 0.5) is 0 Å². The van der Waals surface area contributed by atoms with E-state index < -0.39 is 0 Å². The molecule has 1 aromatic rings. The van der Waals surface area contributed by atoms with E-state index in [1.54, 1.807) is 11.3 Å². The summed E-state index contributed by atoms with van der Waals surface area (Å²) >= 11 is 1.54. The Morgan fingerprint density at radius 3 is 3.00 bits per heavy atom. The summed E-state index contributed by atoms with van der Waals surface area (Å²) in [5.41, 5.74) is 3.48. The van der Waals surface area contributed by atoms with Gasteiger partial charge in [0, 0.05) is 18.2 Å². The SMILES string of the molecule is Cc1nc(CNC(=O)C2=NNC(=O)CC2)cs1. The van der Waals surface area contributed by atoms with Crippen molar-refractivity contribution in [1.29, 1.82) is 0 Å². The Kier molecular flexibility index (Phi) is 3.48.